The molecule has 8 rings (SSSR count). The van der Waals surface area contributed by atoms with Crippen molar-refractivity contribution in [2.45, 2.75) is 147 Å². The van der Waals surface area contributed by atoms with Crippen LogP contribution in [0.1, 0.15) is 101 Å². The zero-order valence-electron chi connectivity index (χ0n) is 38.5. The summed E-state index contributed by atoms with van der Waals surface area (Å²) in [6.45, 7) is 15.3. The van der Waals surface area contributed by atoms with E-state index in [4.69, 9.17) is 42.6 Å². The third-order valence-electron chi connectivity index (χ3n) is 13.3. The van der Waals surface area contributed by atoms with Crippen molar-refractivity contribution in [2.75, 3.05) is 45.8 Å². The van der Waals surface area contributed by atoms with Gasteiger partial charge >= 0.3 is 65.9 Å². The molecule has 0 aromatic rings. The molecule has 0 bridgehead atoms. The number of rotatable bonds is 3. The van der Waals surface area contributed by atoms with Crippen LogP contribution >= 0.6 is 0 Å². The van der Waals surface area contributed by atoms with Crippen LogP contribution in [0.25, 0.3) is 0 Å². The SMILES string of the molecule is CC(C)(C)OC(=O)N1CC2(CCCNC2)C1C1(OC(=O)C(=O)OC2N(C(=O)OC(C)(C)C)C3(OC(=O)C(=O)O3)C23CCCNC3)N(C(=O)OC(C)(C)C)C2(OC(=O)C(=O)O2)C12CCCNC2. The summed E-state index contributed by atoms with van der Waals surface area (Å²) in [7, 11) is 0. The maximum absolute atomic E-state index is 15.1. The molecule has 24 heteroatoms. The highest BCUT2D eigenvalue weighted by molar-refractivity contribution is 6.32. The molecule has 364 valence electrons. The Morgan fingerprint density at radius 2 is 1.08 bits per heavy atom. The van der Waals surface area contributed by atoms with Gasteiger partial charge in [-0.15, -0.1) is 0 Å². The van der Waals surface area contributed by atoms with Crippen molar-refractivity contribution in [1.29, 1.82) is 0 Å². The first-order valence-corrected chi connectivity index (χ1v) is 22.2. The van der Waals surface area contributed by atoms with E-state index in [0.717, 1.165) is 0 Å². The van der Waals surface area contributed by atoms with Gasteiger partial charge in [0.2, 0.25) is 12.0 Å². The summed E-state index contributed by atoms with van der Waals surface area (Å²) in [5, 5.41) is 9.62. The summed E-state index contributed by atoms with van der Waals surface area (Å²) in [5.74, 6) is -14.5. The number of amides is 3. The standard InChI is InChI=1S/C42H58N6O18/c1-34(2,3)64-31(55)46-22-37(13-10-16-43-19-37)29(46)40(39(15-12-18-45-21-39)42(62-27(53)28(54)63-42)48(40)33(57)66-36(7,8)9)59-24(50)23(49)58-30-38(14-11-17-44-20-38)41(60-25(51)26(52)61-41)47(30)32(56)65-35(4,5)6/h29-30,43-45H,10-22H2,1-9H3. The predicted molar refractivity (Wildman–Crippen MR) is 215 cm³/mol. The van der Waals surface area contributed by atoms with Gasteiger partial charge < -0.3 is 58.6 Å². The van der Waals surface area contributed by atoms with Gasteiger partial charge in [0.25, 0.3) is 0 Å². The number of likely N-dealkylation sites (tertiary alicyclic amines) is 3. The molecule has 0 aromatic carbocycles. The first kappa shape index (κ1) is 47.0. The topological polar surface area (TPSA) is 283 Å². The third-order valence-corrected chi connectivity index (χ3v) is 13.3. The lowest BCUT2D eigenvalue weighted by Gasteiger charge is -2.77. The van der Waals surface area contributed by atoms with Crippen molar-refractivity contribution >= 4 is 54.1 Å². The van der Waals surface area contributed by atoms with E-state index in [1.54, 1.807) is 20.8 Å². The molecule has 66 heavy (non-hydrogen) atoms. The first-order chi connectivity index (χ1) is 30.6. The van der Waals surface area contributed by atoms with E-state index >= 15 is 4.79 Å². The average Bonchev–Trinajstić information content (AvgIpc) is 3.70. The molecule has 0 saturated carbocycles. The molecule has 24 nitrogen and oxygen atoms in total. The highest BCUT2D eigenvalue weighted by atomic mass is 16.8. The molecule has 3 N–H and O–H groups in total. The Labute approximate surface area is 379 Å². The molecule has 8 aliphatic heterocycles. The summed E-state index contributed by atoms with van der Waals surface area (Å²) in [6, 6.07) is -1.42. The van der Waals surface area contributed by atoms with E-state index in [1.165, 1.54) is 46.4 Å². The zero-order valence-corrected chi connectivity index (χ0v) is 38.5. The number of piperidine rings is 3. The Kier molecular flexibility index (Phi) is 10.9. The molecule has 6 atom stereocenters. The van der Waals surface area contributed by atoms with Gasteiger partial charge in [-0.3, -0.25) is 4.90 Å². The fraction of sp³-hybridized carbons (Fsp3) is 0.786. The van der Waals surface area contributed by atoms with Gasteiger partial charge in [-0.05, 0) is 120 Å². The molecule has 8 aliphatic rings. The third kappa shape index (κ3) is 6.81. The molecule has 0 aromatic heterocycles. The highest BCUT2D eigenvalue weighted by Gasteiger charge is 2.95. The van der Waals surface area contributed by atoms with Gasteiger partial charge in [0, 0.05) is 31.6 Å². The number of nitrogens with zero attached hydrogens (tertiary/aromatic N) is 3. The van der Waals surface area contributed by atoms with Crippen LogP contribution in [0.3, 0.4) is 0 Å². The van der Waals surface area contributed by atoms with Gasteiger partial charge in [0.15, 0.2) is 0 Å². The summed E-state index contributed by atoms with van der Waals surface area (Å²) in [5.41, 5.74) is -10.8. The van der Waals surface area contributed by atoms with E-state index in [0.29, 0.717) is 48.7 Å². The van der Waals surface area contributed by atoms with E-state index in [-0.39, 0.29) is 45.4 Å². The molecule has 5 spiro atoms. The predicted octanol–water partition coefficient (Wildman–Crippen LogP) is 0.833. The maximum Gasteiger partial charge on any atom is 0.422 e. The summed E-state index contributed by atoms with van der Waals surface area (Å²) in [4.78, 5) is 128. The molecule has 3 amide bonds. The van der Waals surface area contributed by atoms with Crippen LogP contribution < -0.4 is 16.0 Å². The molecular weight excluding hydrogens is 876 g/mol. The second-order valence-corrected chi connectivity index (χ2v) is 21.2. The fourth-order valence-corrected chi connectivity index (χ4v) is 11.1. The van der Waals surface area contributed by atoms with Crippen molar-refractivity contribution in [1.82, 2.24) is 30.7 Å². The Balaban J connectivity index is 1.28. The van der Waals surface area contributed by atoms with Gasteiger partial charge in [-0.2, -0.15) is 9.80 Å². The van der Waals surface area contributed by atoms with E-state index in [9.17, 15) is 38.4 Å². The van der Waals surface area contributed by atoms with Gasteiger partial charge in [0.1, 0.15) is 33.7 Å². The smallest absolute Gasteiger partial charge is 0.422 e. The van der Waals surface area contributed by atoms with E-state index in [1.807, 2.05) is 0 Å². The molecule has 8 saturated heterocycles. The number of ether oxygens (including phenoxy) is 9. The first-order valence-electron chi connectivity index (χ1n) is 22.2. The molecule has 0 aliphatic carbocycles. The Hall–Kier alpha value is -5.49. The molecule has 8 heterocycles. The summed E-state index contributed by atoms with van der Waals surface area (Å²) >= 11 is 0. The minimum absolute atomic E-state index is 0.00351. The Morgan fingerprint density at radius 3 is 1.56 bits per heavy atom. The van der Waals surface area contributed by atoms with Crippen LogP contribution in [-0.2, 0) is 71.4 Å². The number of hydrogen-bond acceptors (Lipinski definition) is 21. The highest BCUT2D eigenvalue weighted by Crippen LogP contribution is 2.71. The van der Waals surface area contributed by atoms with Crippen molar-refractivity contribution in [3.63, 3.8) is 0 Å². The maximum atomic E-state index is 15.1. The van der Waals surface area contributed by atoms with Crippen molar-refractivity contribution in [3.05, 3.63) is 0 Å². The number of fused-ring (bicyclic) bond motifs is 2. The largest absolute Gasteiger partial charge is 0.444 e. The van der Waals surface area contributed by atoms with Crippen LogP contribution in [0.5, 0.6) is 0 Å². The van der Waals surface area contributed by atoms with Crippen LogP contribution in [0.4, 0.5) is 14.4 Å². The van der Waals surface area contributed by atoms with Crippen molar-refractivity contribution in [3.8, 4) is 0 Å². The normalized spacial score (nSPS) is 33.3. The molecule has 0 radical (unpaired) electrons. The fourth-order valence-electron chi connectivity index (χ4n) is 11.1. The minimum Gasteiger partial charge on any atom is -0.444 e. The van der Waals surface area contributed by atoms with E-state index < -0.39 is 117 Å². The number of nitrogens with one attached hydrogen (secondary N) is 3. The number of carbonyl (C=O) groups excluding carboxylic acids is 9. The average molecular weight is 935 g/mol. The van der Waals surface area contributed by atoms with Gasteiger partial charge in [-0.25, -0.2) is 43.2 Å². The molecule has 8 fully saturated rings. The number of carbonyl (C=O) groups is 9. The van der Waals surface area contributed by atoms with Gasteiger partial charge in [-0.1, -0.05) is 0 Å². The Bertz CT molecular complexity index is 2090. The van der Waals surface area contributed by atoms with E-state index in [2.05, 4.69) is 16.0 Å². The lowest BCUT2D eigenvalue weighted by Crippen LogP contribution is -2.99. The summed E-state index contributed by atoms with van der Waals surface area (Å²) < 4.78 is 52.4. The quantitative estimate of drug-likeness (QED) is 0.201. The van der Waals surface area contributed by atoms with Crippen LogP contribution in [-0.4, -0.2) is 161 Å². The van der Waals surface area contributed by atoms with Crippen molar-refractivity contribution < 1.29 is 85.8 Å². The second-order valence-electron chi connectivity index (χ2n) is 21.2. The summed E-state index contributed by atoms with van der Waals surface area (Å²) in [6.07, 6.45) is -3.81. The lowest BCUT2D eigenvalue weighted by molar-refractivity contribution is -0.494. The van der Waals surface area contributed by atoms with Crippen molar-refractivity contribution in [2.24, 2.45) is 16.2 Å². The molecular formula is C42H58N6O18. The van der Waals surface area contributed by atoms with Gasteiger partial charge in [0.05, 0.1) is 0 Å². The zero-order chi connectivity index (χ0) is 48.3. The van der Waals surface area contributed by atoms with Crippen LogP contribution in [0.15, 0.2) is 0 Å². The number of hydrogen-bond donors (Lipinski definition) is 3. The second kappa shape index (κ2) is 15.3. The molecule has 6 unspecified atom stereocenters. The monoisotopic (exact) mass is 934 g/mol. The lowest BCUT2D eigenvalue weighted by atomic mass is 9.50. The van der Waals surface area contributed by atoms with Crippen LogP contribution in [0, 0.1) is 16.2 Å². The Morgan fingerprint density at radius 1 is 0.591 bits per heavy atom. The minimum atomic E-state index is -2.65. The van der Waals surface area contributed by atoms with Crippen LogP contribution in [0.2, 0.25) is 0 Å². The number of esters is 6.